The SMILES string of the molecule is CC(C(=O)O)c1cc(C#CCOC(=O)Cc2cccc(CNC(=O)OC(C)(C)C)c2)cc(C#CC(O[Si](C)C)C(C)(C)C)c1. The maximum absolute atomic E-state index is 12.5. The molecule has 0 aliphatic carbocycles. The van der Waals surface area contributed by atoms with Crippen LogP contribution in [0.4, 0.5) is 4.79 Å². The van der Waals surface area contributed by atoms with Crippen molar-refractivity contribution in [1.82, 2.24) is 5.32 Å². The number of esters is 1. The van der Waals surface area contributed by atoms with Gasteiger partial charge in [-0.3, -0.25) is 9.59 Å². The molecule has 0 aromatic heterocycles. The second kappa shape index (κ2) is 16.1. The number of carboxylic acid groups (broad SMARTS) is 1. The predicted octanol–water partition coefficient (Wildman–Crippen LogP) is 6.07. The summed E-state index contributed by atoms with van der Waals surface area (Å²) in [6.07, 6.45) is -0.746. The van der Waals surface area contributed by atoms with E-state index in [-0.39, 0.29) is 31.1 Å². The van der Waals surface area contributed by atoms with Crippen molar-refractivity contribution in [1.29, 1.82) is 0 Å². The lowest BCUT2D eigenvalue weighted by Crippen LogP contribution is -2.32. The molecule has 0 spiro atoms. The van der Waals surface area contributed by atoms with Gasteiger partial charge in [0.25, 0.3) is 0 Å². The van der Waals surface area contributed by atoms with Crippen molar-refractivity contribution in [3.05, 3.63) is 70.3 Å². The van der Waals surface area contributed by atoms with E-state index < -0.39 is 38.6 Å². The Morgan fingerprint density at radius 3 is 2.18 bits per heavy atom. The van der Waals surface area contributed by atoms with E-state index in [1.165, 1.54) is 0 Å². The first-order valence-electron chi connectivity index (χ1n) is 14.5. The fourth-order valence-electron chi connectivity index (χ4n) is 3.81. The van der Waals surface area contributed by atoms with Gasteiger partial charge >= 0.3 is 18.0 Å². The first-order chi connectivity index (χ1) is 20.4. The van der Waals surface area contributed by atoms with Gasteiger partial charge in [-0.15, -0.1) is 0 Å². The Bertz CT molecular complexity index is 1450. The first kappa shape index (κ1) is 36.1. The maximum atomic E-state index is 12.5. The van der Waals surface area contributed by atoms with Gasteiger partial charge < -0.3 is 24.3 Å². The molecule has 0 saturated heterocycles. The van der Waals surface area contributed by atoms with Gasteiger partial charge in [0, 0.05) is 17.7 Å². The lowest BCUT2D eigenvalue weighted by molar-refractivity contribution is -0.141. The highest BCUT2D eigenvalue weighted by Crippen LogP contribution is 2.23. The molecular weight excluding hydrogens is 574 g/mol. The average Bonchev–Trinajstić information content (AvgIpc) is 2.90. The predicted molar refractivity (Wildman–Crippen MR) is 172 cm³/mol. The summed E-state index contributed by atoms with van der Waals surface area (Å²) in [5, 5.41) is 12.3. The van der Waals surface area contributed by atoms with Crippen molar-refractivity contribution in [3.63, 3.8) is 0 Å². The highest BCUT2D eigenvalue weighted by atomic mass is 28.3. The lowest BCUT2D eigenvalue weighted by atomic mass is 9.89. The van der Waals surface area contributed by atoms with Crippen LogP contribution >= 0.6 is 0 Å². The zero-order valence-electron chi connectivity index (χ0n) is 27.2. The number of hydrogen-bond donors (Lipinski definition) is 2. The number of rotatable bonds is 9. The smallest absolute Gasteiger partial charge is 0.407 e. The summed E-state index contributed by atoms with van der Waals surface area (Å²) in [5.74, 6) is 10.1. The highest BCUT2D eigenvalue weighted by Gasteiger charge is 2.25. The van der Waals surface area contributed by atoms with E-state index in [9.17, 15) is 19.5 Å². The molecular formula is C35H44NO7Si. The van der Waals surface area contributed by atoms with E-state index in [4.69, 9.17) is 13.9 Å². The van der Waals surface area contributed by atoms with Crippen LogP contribution in [0.1, 0.15) is 82.2 Å². The molecule has 2 aromatic carbocycles. The molecule has 9 heteroatoms. The Morgan fingerprint density at radius 1 is 0.955 bits per heavy atom. The number of carbonyl (C=O) groups excluding carboxylic acids is 2. The van der Waals surface area contributed by atoms with Gasteiger partial charge in [-0.05, 0) is 81.1 Å². The van der Waals surface area contributed by atoms with Crippen LogP contribution in [0.15, 0.2) is 42.5 Å². The zero-order valence-corrected chi connectivity index (χ0v) is 28.2. The molecule has 235 valence electrons. The molecule has 2 rings (SSSR count). The lowest BCUT2D eigenvalue weighted by Gasteiger charge is -2.28. The van der Waals surface area contributed by atoms with Crippen LogP contribution < -0.4 is 5.32 Å². The standard InChI is InChI=1S/C35H44NO7Si/c1-24(32(38)39)29-20-25(18-27(21-29)15-16-30(34(2,3)4)43-44(8)9)14-11-17-41-31(37)22-26-12-10-13-28(19-26)23-36-33(40)42-35(5,6)7/h10,12-13,18-21,24,30H,17,22-23H2,1-9H3,(H,36,40)(H,38,39). The molecule has 0 saturated carbocycles. The summed E-state index contributed by atoms with van der Waals surface area (Å²) in [5.41, 5.74) is 2.57. The fraction of sp³-hybridized carbons (Fsp3) is 0.457. The molecule has 2 N–H and O–H groups in total. The number of benzene rings is 2. The third-order valence-corrected chi connectivity index (χ3v) is 6.73. The number of aliphatic carboxylic acids is 1. The molecule has 0 bridgehead atoms. The van der Waals surface area contributed by atoms with Crippen LogP contribution in [0.25, 0.3) is 0 Å². The molecule has 8 nitrogen and oxygen atoms in total. The Labute approximate surface area is 263 Å². The van der Waals surface area contributed by atoms with Crippen molar-refractivity contribution in [2.45, 2.75) is 92.1 Å². The molecule has 2 atom stereocenters. The quantitative estimate of drug-likeness (QED) is 0.199. The van der Waals surface area contributed by atoms with Crippen LogP contribution in [0.5, 0.6) is 0 Å². The van der Waals surface area contributed by atoms with Gasteiger partial charge in [0.15, 0.2) is 6.61 Å². The Morgan fingerprint density at radius 2 is 1.59 bits per heavy atom. The molecule has 0 heterocycles. The number of carbonyl (C=O) groups is 3. The number of carboxylic acids is 1. The molecule has 44 heavy (non-hydrogen) atoms. The van der Waals surface area contributed by atoms with E-state index >= 15 is 0 Å². The van der Waals surface area contributed by atoms with E-state index in [2.05, 4.69) is 62.9 Å². The molecule has 2 unspecified atom stereocenters. The first-order valence-corrected chi connectivity index (χ1v) is 16.9. The van der Waals surface area contributed by atoms with Gasteiger partial charge in [-0.25, -0.2) is 4.79 Å². The zero-order chi connectivity index (χ0) is 33.1. The van der Waals surface area contributed by atoms with Crippen LogP contribution in [0.2, 0.25) is 13.1 Å². The number of hydrogen-bond acceptors (Lipinski definition) is 6. The highest BCUT2D eigenvalue weighted by molar-refractivity contribution is 6.48. The normalized spacial score (nSPS) is 12.6. The van der Waals surface area contributed by atoms with Crippen molar-refractivity contribution >= 4 is 27.1 Å². The van der Waals surface area contributed by atoms with Gasteiger partial charge in [0.05, 0.1) is 12.3 Å². The van der Waals surface area contributed by atoms with Crippen LogP contribution in [0.3, 0.4) is 0 Å². The topological polar surface area (TPSA) is 111 Å². The minimum atomic E-state index is -0.978. The summed E-state index contributed by atoms with van der Waals surface area (Å²) < 4.78 is 16.7. The monoisotopic (exact) mass is 618 g/mol. The summed E-state index contributed by atoms with van der Waals surface area (Å²) >= 11 is 0. The Hall–Kier alpha value is -4.05. The van der Waals surface area contributed by atoms with Crippen molar-refractivity contribution in [2.75, 3.05) is 6.61 Å². The number of alkyl carbamates (subject to hydrolysis) is 1. The largest absolute Gasteiger partial charge is 0.481 e. The molecule has 2 aromatic rings. The van der Waals surface area contributed by atoms with Crippen LogP contribution in [0, 0.1) is 29.1 Å². The molecule has 0 aliphatic heterocycles. The maximum Gasteiger partial charge on any atom is 0.407 e. The van der Waals surface area contributed by atoms with Crippen LogP contribution in [-0.4, -0.2) is 50.5 Å². The average molecular weight is 619 g/mol. The summed E-state index contributed by atoms with van der Waals surface area (Å²) in [6.45, 7) is 17.4. The van der Waals surface area contributed by atoms with E-state index in [1.807, 2.05) is 12.1 Å². The minimum absolute atomic E-state index is 0.0444. The molecule has 0 aliphatic rings. The summed E-state index contributed by atoms with van der Waals surface area (Å²) in [6, 6.07) is 12.5. The second-order valence-corrected chi connectivity index (χ2v) is 14.8. The number of nitrogens with one attached hydrogen (secondary N) is 1. The number of amides is 1. The van der Waals surface area contributed by atoms with E-state index in [1.54, 1.807) is 58.0 Å². The van der Waals surface area contributed by atoms with Gasteiger partial charge in [0.1, 0.15) is 11.7 Å². The third-order valence-electron chi connectivity index (χ3n) is 6.03. The van der Waals surface area contributed by atoms with Gasteiger partial charge in [0.2, 0.25) is 9.04 Å². The Kier molecular flexibility index (Phi) is 13.3. The molecule has 1 radical (unpaired) electrons. The summed E-state index contributed by atoms with van der Waals surface area (Å²) in [4.78, 5) is 36.1. The fourth-order valence-corrected chi connectivity index (χ4v) is 4.69. The number of ether oxygens (including phenoxy) is 2. The molecule has 0 fully saturated rings. The van der Waals surface area contributed by atoms with E-state index in [0.29, 0.717) is 16.7 Å². The van der Waals surface area contributed by atoms with Crippen molar-refractivity contribution in [2.24, 2.45) is 5.41 Å². The van der Waals surface area contributed by atoms with Crippen LogP contribution in [-0.2, 0) is 36.5 Å². The van der Waals surface area contributed by atoms with Gasteiger partial charge in [-0.2, -0.15) is 0 Å². The third kappa shape index (κ3) is 13.5. The Balaban J connectivity index is 2.10. The molecule has 1 amide bonds. The van der Waals surface area contributed by atoms with E-state index in [0.717, 1.165) is 11.1 Å². The van der Waals surface area contributed by atoms with Gasteiger partial charge in [-0.1, -0.05) is 68.7 Å². The van der Waals surface area contributed by atoms with Crippen molar-refractivity contribution in [3.8, 4) is 23.7 Å². The minimum Gasteiger partial charge on any atom is -0.481 e. The second-order valence-electron chi connectivity index (χ2n) is 12.8. The van der Waals surface area contributed by atoms with Crippen molar-refractivity contribution < 1.29 is 33.4 Å². The summed E-state index contributed by atoms with van der Waals surface area (Å²) in [7, 11) is -0.978.